The Morgan fingerprint density at radius 1 is 1.25 bits per heavy atom. The topological polar surface area (TPSA) is 32.8 Å². The summed E-state index contributed by atoms with van der Waals surface area (Å²) in [4.78, 5) is 3.10. The van der Waals surface area contributed by atoms with E-state index in [9.17, 15) is 0 Å². The Morgan fingerprint density at radius 3 is 2.38 bits per heavy atom. The Kier molecular flexibility index (Phi) is 3.03. The molecule has 0 saturated carbocycles. The molecule has 2 N–H and O–H groups in total. The molecule has 0 radical (unpaired) electrons. The molecule has 0 atom stereocenters. The Balaban J connectivity index is 2.34. The first-order chi connectivity index (χ1) is 7.58. The molecule has 0 aliphatic heterocycles. The van der Waals surface area contributed by atoms with Crippen LogP contribution in [0.25, 0.3) is 0 Å². The van der Waals surface area contributed by atoms with Crippen molar-refractivity contribution in [3.05, 3.63) is 45.4 Å². The van der Waals surface area contributed by atoms with Gasteiger partial charge in [0.15, 0.2) is 4.77 Å². The second kappa shape index (κ2) is 4.31. The van der Waals surface area contributed by atoms with Crippen LogP contribution in [-0.4, -0.2) is 9.66 Å². The third-order valence-corrected chi connectivity index (χ3v) is 3.00. The third-order valence-electron chi connectivity index (χ3n) is 2.46. The minimum absolute atomic E-state index is 0.657. The minimum atomic E-state index is 0.657. The number of aromatic amines is 1. The standard InChI is InChI=1S/C11H12ClN3S/c1-7-8(2)15(11(16)13-7)14-10-5-3-9(12)4-6-10/h3-6,14H,1-2H3,(H,13,16). The van der Waals surface area contributed by atoms with Gasteiger partial charge in [-0.05, 0) is 50.3 Å². The Morgan fingerprint density at radius 2 is 1.88 bits per heavy atom. The largest absolute Gasteiger partial charge is 0.333 e. The number of hydrogen-bond donors (Lipinski definition) is 2. The monoisotopic (exact) mass is 253 g/mol. The van der Waals surface area contributed by atoms with E-state index in [1.807, 2.05) is 42.8 Å². The summed E-state index contributed by atoms with van der Waals surface area (Å²) in [6.07, 6.45) is 0. The molecule has 0 aliphatic carbocycles. The maximum Gasteiger partial charge on any atom is 0.196 e. The Bertz CT molecular complexity index is 554. The van der Waals surface area contributed by atoms with Crippen molar-refractivity contribution >= 4 is 29.5 Å². The Hall–Kier alpha value is -1.26. The van der Waals surface area contributed by atoms with Crippen LogP contribution < -0.4 is 5.43 Å². The SMILES string of the molecule is Cc1[nH]c(=S)n(Nc2ccc(Cl)cc2)c1C. The van der Waals surface area contributed by atoms with E-state index in [0.717, 1.165) is 22.1 Å². The fraction of sp³-hybridized carbons (Fsp3) is 0.182. The molecule has 0 aliphatic rings. The zero-order valence-corrected chi connectivity index (χ0v) is 10.6. The average molecular weight is 254 g/mol. The number of aromatic nitrogens is 2. The van der Waals surface area contributed by atoms with Gasteiger partial charge in [0, 0.05) is 10.7 Å². The van der Waals surface area contributed by atoms with E-state index in [2.05, 4.69) is 10.4 Å². The summed E-state index contributed by atoms with van der Waals surface area (Å²) in [5, 5.41) is 0.719. The van der Waals surface area contributed by atoms with E-state index >= 15 is 0 Å². The molecule has 1 aromatic heterocycles. The quantitative estimate of drug-likeness (QED) is 0.801. The molecule has 1 heterocycles. The number of benzene rings is 1. The smallest absolute Gasteiger partial charge is 0.196 e. The van der Waals surface area contributed by atoms with Crippen molar-refractivity contribution in [2.24, 2.45) is 0 Å². The second-order valence-corrected chi connectivity index (χ2v) is 4.42. The zero-order valence-electron chi connectivity index (χ0n) is 9.04. The molecule has 0 fully saturated rings. The zero-order chi connectivity index (χ0) is 11.7. The van der Waals surface area contributed by atoms with Crippen LogP contribution in [-0.2, 0) is 0 Å². The van der Waals surface area contributed by atoms with Gasteiger partial charge >= 0.3 is 0 Å². The van der Waals surface area contributed by atoms with Crippen molar-refractivity contribution in [3.8, 4) is 0 Å². The molecule has 5 heteroatoms. The van der Waals surface area contributed by atoms with E-state index in [0.29, 0.717) is 4.77 Å². The maximum absolute atomic E-state index is 5.82. The Labute approximate surface area is 104 Å². The van der Waals surface area contributed by atoms with Crippen LogP contribution in [0.2, 0.25) is 5.02 Å². The number of nitrogens with one attached hydrogen (secondary N) is 2. The van der Waals surface area contributed by atoms with E-state index < -0.39 is 0 Å². The van der Waals surface area contributed by atoms with Crippen LogP contribution >= 0.6 is 23.8 Å². The van der Waals surface area contributed by atoms with Gasteiger partial charge in [-0.2, -0.15) is 0 Å². The highest BCUT2D eigenvalue weighted by molar-refractivity contribution is 7.71. The normalized spacial score (nSPS) is 10.4. The van der Waals surface area contributed by atoms with Crippen molar-refractivity contribution < 1.29 is 0 Å². The van der Waals surface area contributed by atoms with Crippen molar-refractivity contribution in [2.45, 2.75) is 13.8 Å². The van der Waals surface area contributed by atoms with Crippen LogP contribution in [0, 0.1) is 18.6 Å². The summed E-state index contributed by atoms with van der Waals surface area (Å²) in [5.41, 5.74) is 6.29. The first-order valence-corrected chi connectivity index (χ1v) is 5.67. The number of H-pyrrole nitrogens is 1. The lowest BCUT2D eigenvalue weighted by Gasteiger charge is -2.09. The average Bonchev–Trinajstić information content (AvgIpc) is 2.48. The summed E-state index contributed by atoms with van der Waals surface area (Å²) >= 11 is 11.0. The number of nitrogens with zero attached hydrogens (tertiary/aromatic N) is 1. The molecule has 0 unspecified atom stereocenters. The highest BCUT2D eigenvalue weighted by Gasteiger charge is 2.03. The molecule has 0 saturated heterocycles. The highest BCUT2D eigenvalue weighted by Crippen LogP contribution is 2.15. The minimum Gasteiger partial charge on any atom is -0.333 e. The first-order valence-electron chi connectivity index (χ1n) is 4.89. The van der Waals surface area contributed by atoms with Crippen LogP contribution in [0.4, 0.5) is 5.69 Å². The van der Waals surface area contributed by atoms with Crippen molar-refractivity contribution in [3.63, 3.8) is 0 Å². The van der Waals surface area contributed by atoms with E-state index in [4.69, 9.17) is 23.8 Å². The van der Waals surface area contributed by atoms with Gasteiger partial charge in [-0.3, -0.25) is 5.43 Å². The van der Waals surface area contributed by atoms with E-state index in [1.165, 1.54) is 0 Å². The van der Waals surface area contributed by atoms with Crippen LogP contribution in [0.3, 0.4) is 0 Å². The van der Waals surface area contributed by atoms with Gasteiger partial charge < -0.3 is 4.98 Å². The molecule has 2 rings (SSSR count). The van der Waals surface area contributed by atoms with E-state index in [1.54, 1.807) is 0 Å². The fourth-order valence-electron chi connectivity index (χ4n) is 1.41. The number of hydrogen-bond acceptors (Lipinski definition) is 2. The van der Waals surface area contributed by atoms with Gasteiger partial charge in [0.05, 0.1) is 11.4 Å². The molecule has 1 aromatic carbocycles. The molecule has 16 heavy (non-hydrogen) atoms. The van der Waals surface area contributed by atoms with Gasteiger partial charge in [-0.1, -0.05) is 11.6 Å². The predicted molar refractivity (Wildman–Crippen MR) is 69.6 cm³/mol. The molecule has 2 aromatic rings. The van der Waals surface area contributed by atoms with Crippen molar-refractivity contribution in [2.75, 3.05) is 5.43 Å². The molecule has 3 nitrogen and oxygen atoms in total. The van der Waals surface area contributed by atoms with Crippen LogP contribution in [0.1, 0.15) is 11.4 Å². The van der Waals surface area contributed by atoms with E-state index in [-0.39, 0.29) is 0 Å². The second-order valence-electron chi connectivity index (χ2n) is 3.59. The van der Waals surface area contributed by atoms with Gasteiger partial charge in [-0.25, -0.2) is 4.68 Å². The molecule has 0 amide bonds. The maximum atomic E-state index is 5.82. The van der Waals surface area contributed by atoms with Gasteiger partial charge in [0.25, 0.3) is 0 Å². The number of imidazole rings is 1. The molecule has 0 bridgehead atoms. The number of aryl methyl sites for hydroxylation is 1. The third kappa shape index (κ3) is 2.13. The van der Waals surface area contributed by atoms with Crippen molar-refractivity contribution in [1.82, 2.24) is 9.66 Å². The summed E-state index contributed by atoms with van der Waals surface area (Å²) in [7, 11) is 0. The number of anilines is 1. The number of halogens is 1. The lowest BCUT2D eigenvalue weighted by atomic mass is 10.3. The highest BCUT2D eigenvalue weighted by atomic mass is 35.5. The van der Waals surface area contributed by atoms with Gasteiger partial charge in [-0.15, -0.1) is 0 Å². The first kappa shape index (κ1) is 11.2. The van der Waals surface area contributed by atoms with Gasteiger partial charge in [0.1, 0.15) is 0 Å². The molecular formula is C11H12ClN3S. The summed E-state index contributed by atoms with van der Waals surface area (Å²) < 4.78 is 2.50. The number of rotatable bonds is 2. The fourth-order valence-corrected chi connectivity index (χ4v) is 1.88. The summed E-state index contributed by atoms with van der Waals surface area (Å²) in [6, 6.07) is 7.49. The predicted octanol–water partition coefficient (Wildman–Crippen LogP) is 3.69. The molecule has 0 spiro atoms. The summed E-state index contributed by atoms with van der Waals surface area (Å²) in [5.74, 6) is 0. The molecular weight excluding hydrogens is 242 g/mol. The van der Waals surface area contributed by atoms with Crippen molar-refractivity contribution in [1.29, 1.82) is 0 Å². The van der Waals surface area contributed by atoms with Crippen LogP contribution in [0.15, 0.2) is 24.3 Å². The summed E-state index contributed by atoms with van der Waals surface area (Å²) in [6.45, 7) is 4.00. The van der Waals surface area contributed by atoms with Crippen LogP contribution in [0.5, 0.6) is 0 Å². The lowest BCUT2D eigenvalue weighted by molar-refractivity contribution is 0.894. The molecule has 84 valence electrons. The lowest BCUT2D eigenvalue weighted by Crippen LogP contribution is -2.10. The van der Waals surface area contributed by atoms with Gasteiger partial charge in [0.2, 0.25) is 0 Å².